The van der Waals surface area contributed by atoms with Gasteiger partial charge in [0, 0.05) is 22.5 Å². The smallest absolute Gasteiger partial charge is 0.134 e. The molecule has 1 spiro atoms. The molecule has 0 radical (unpaired) electrons. The van der Waals surface area contributed by atoms with Crippen LogP contribution >= 0.6 is 0 Å². The average molecular weight is 500 g/mol. The van der Waals surface area contributed by atoms with E-state index in [-0.39, 0.29) is 0 Å². The Morgan fingerprint density at radius 3 is 1.51 bits per heavy atom. The molecule has 6 aromatic rings. The molecule has 0 saturated carbocycles. The zero-order valence-electron chi connectivity index (χ0n) is 21.3. The molecule has 8 rings (SSSR count). The third-order valence-corrected chi connectivity index (χ3v) is 8.11. The Balaban J connectivity index is 1.54. The van der Waals surface area contributed by atoms with Crippen LogP contribution in [0.25, 0.3) is 11.1 Å². The highest BCUT2D eigenvalue weighted by Gasteiger charge is 2.52. The number of nitrogens with zero attached hydrogens (tertiary/aromatic N) is 1. The summed E-state index contributed by atoms with van der Waals surface area (Å²) in [6.45, 7) is 0. The predicted octanol–water partition coefficient (Wildman–Crippen LogP) is 9.63. The lowest BCUT2D eigenvalue weighted by molar-refractivity contribution is 0.437. The molecule has 2 heteroatoms. The van der Waals surface area contributed by atoms with Crippen molar-refractivity contribution in [3.05, 3.63) is 174 Å². The van der Waals surface area contributed by atoms with Crippen molar-refractivity contribution in [3.63, 3.8) is 0 Å². The second-order valence-electron chi connectivity index (χ2n) is 10.1. The molecule has 0 N–H and O–H groups in total. The maximum Gasteiger partial charge on any atom is 0.134 e. The van der Waals surface area contributed by atoms with Gasteiger partial charge in [-0.05, 0) is 64.7 Å². The lowest BCUT2D eigenvalue weighted by atomic mass is 9.65. The molecular weight excluding hydrogens is 474 g/mol. The predicted molar refractivity (Wildman–Crippen MR) is 159 cm³/mol. The molecular formula is C37H25NO. The molecule has 0 unspecified atom stereocenters. The van der Waals surface area contributed by atoms with Gasteiger partial charge in [-0.3, -0.25) is 0 Å². The van der Waals surface area contributed by atoms with E-state index in [4.69, 9.17) is 4.74 Å². The third kappa shape index (κ3) is 3.03. The highest BCUT2D eigenvalue weighted by atomic mass is 16.5. The van der Waals surface area contributed by atoms with E-state index in [1.807, 2.05) is 0 Å². The summed E-state index contributed by atoms with van der Waals surface area (Å²) in [5, 5.41) is 0. The summed E-state index contributed by atoms with van der Waals surface area (Å²) in [5.74, 6) is 1.79. The van der Waals surface area contributed by atoms with Gasteiger partial charge in [-0.15, -0.1) is 0 Å². The van der Waals surface area contributed by atoms with Crippen LogP contribution in [0.15, 0.2) is 152 Å². The molecule has 6 aromatic carbocycles. The molecule has 1 heterocycles. The van der Waals surface area contributed by atoms with E-state index in [0.29, 0.717) is 0 Å². The maximum absolute atomic E-state index is 6.73. The molecule has 0 bridgehead atoms. The minimum absolute atomic E-state index is 0.532. The fourth-order valence-corrected chi connectivity index (χ4v) is 6.66. The van der Waals surface area contributed by atoms with E-state index in [9.17, 15) is 0 Å². The standard InChI is InChI=1S/C37H25NO/c1-3-14-26(15-4-1)38(27-16-5-2-6-17-27)33-23-13-25-35-36(33)37(32-22-11-12-24-34(32)39-35)30-20-9-7-18-28(30)29-19-8-10-21-31(29)37/h1-25H. The summed E-state index contributed by atoms with van der Waals surface area (Å²) in [5.41, 5.74) is 10.2. The first kappa shape index (κ1) is 22.0. The molecule has 184 valence electrons. The van der Waals surface area contributed by atoms with Crippen molar-refractivity contribution < 1.29 is 4.74 Å². The lowest BCUT2D eigenvalue weighted by Crippen LogP contribution is -2.34. The number of benzene rings is 6. The SMILES string of the molecule is c1ccc(N(c2ccccc2)c2cccc3c2C2(c4ccccc4O3)c3ccccc3-c3ccccc32)cc1. The highest BCUT2D eigenvalue weighted by molar-refractivity contribution is 5.92. The Kier molecular flexibility index (Phi) is 4.77. The van der Waals surface area contributed by atoms with Crippen molar-refractivity contribution in [1.82, 2.24) is 0 Å². The zero-order chi connectivity index (χ0) is 25.8. The van der Waals surface area contributed by atoms with Gasteiger partial charge in [-0.1, -0.05) is 109 Å². The van der Waals surface area contributed by atoms with Crippen molar-refractivity contribution in [2.45, 2.75) is 5.41 Å². The number of anilines is 3. The van der Waals surface area contributed by atoms with Gasteiger partial charge in [0.1, 0.15) is 11.5 Å². The van der Waals surface area contributed by atoms with Crippen LogP contribution < -0.4 is 9.64 Å². The second kappa shape index (κ2) is 8.47. The van der Waals surface area contributed by atoms with E-state index in [0.717, 1.165) is 34.1 Å². The average Bonchev–Trinajstić information content (AvgIpc) is 3.29. The van der Waals surface area contributed by atoms with Crippen molar-refractivity contribution in [3.8, 4) is 22.6 Å². The van der Waals surface area contributed by atoms with Crippen molar-refractivity contribution in [2.75, 3.05) is 4.90 Å². The van der Waals surface area contributed by atoms with Crippen LogP contribution in [0.4, 0.5) is 17.1 Å². The number of fused-ring (bicyclic) bond motifs is 9. The number of ether oxygens (including phenoxy) is 1. The van der Waals surface area contributed by atoms with E-state index >= 15 is 0 Å². The van der Waals surface area contributed by atoms with Crippen LogP contribution in [0.2, 0.25) is 0 Å². The van der Waals surface area contributed by atoms with Crippen molar-refractivity contribution in [1.29, 1.82) is 0 Å². The van der Waals surface area contributed by atoms with Gasteiger partial charge in [0.2, 0.25) is 0 Å². The van der Waals surface area contributed by atoms with Crippen molar-refractivity contribution >= 4 is 17.1 Å². The highest BCUT2D eigenvalue weighted by Crippen LogP contribution is 2.64. The monoisotopic (exact) mass is 499 g/mol. The van der Waals surface area contributed by atoms with Crippen LogP contribution in [0, 0.1) is 0 Å². The molecule has 0 amide bonds. The van der Waals surface area contributed by atoms with Gasteiger partial charge in [0.15, 0.2) is 0 Å². The van der Waals surface area contributed by atoms with Crippen molar-refractivity contribution in [2.24, 2.45) is 0 Å². The number of hydrogen-bond donors (Lipinski definition) is 0. The molecule has 0 atom stereocenters. The summed E-state index contributed by atoms with van der Waals surface area (Å²) in [4.78, 5) is 2.36. The molecule has 2 nitrogen and oxygen atoms in total. The summed E-state index contributed by atoms with van der Waals surface area (Å²) in [6.07, 6.45) is 0. The second-order valence-corrected chi connectivity index (χ2v) is 10.1. The van der Waals surface area contributed by atoms with E-state index in [2.05, 4.69) is 157 Å². The minimum atomic E-state index is -0.532. The summed E-state index contributed by atoms with van der Waals surface area (Å²) in [6, 6.07) is 54.0. The van der Waals surface area contributed by atoms with Gasteiger partial charge in [0.25, 0.3) is 0 Å². The molecule has 1 aliphatic carbocycles. The van der Waals surface area contributed by atoms with Crippen LogP contribution in [-0.4, -0.2) is 0 Å². The largest absolute Gasteiger partial charge is 0.457 e. The van der Waals surface area contributed by atoms with Gasteiger partial charge in [0.05, 0.1) is 11.1 Å². The molecule has 2 aliphatic rings. The molecule has 0 saturated heterocycles. The molecule has 0 fully saturated rings. The van der Waals surface area contributed by atoms with Crippen LogP contribution in [0.1, 0.15) is 22.3 Å². The number of para-hydroxylation sites is 3. The molecule has 0 aromatic heterocycles. The first-order valence-electron chi connectivity index (χ1n) is 13.4. The first-order valence-corrected chi connectivity index (χ1v) is 13.4. The Morgan fingerprint density at radius 2 is 0.897 bits per heavy atom. The topological polar surface area (TPSA) is 12.5 Å². The number of hydrogen-bond acceptors (Lipinski definition) is 2. The van der Waals surface area contributed by atoms with Gasteiger partial charge < -0.3 is 9.64 Å². The van der Waals surface area contributed by atoms with Crippen LogP contribution in [0.5, 0.6) is 11.5 Å². The lowest BCUT2D eigenvalue weighted by Gasteiger charge is -2.42. The van der Waals surface area contributed by atoms with Gasteiger partial charge in [-0.2, -0.15) is 0 Å². The minimum Gasteiger partial charge on any atom is -0.457 e. The fourth-order valence-electron chi connectivity index (χ4n) is 6.66. The summed E-state index contributed by atoms with van der Waals surface area (Å²) in [7, 11) is 0. The Labute approximate surface area is 228 Å². The zero-order valence-corrected chi connectivity index (χ0v) is 21.3. The molecule has 1 aliphatic heterocycles. The summed E-state index contributed by atoms with van der Waals surface area (Å²) >= 11 is 0. The van der Waals surface area contributed by atoms with Gasteiger partial charge >= 0.3 is 0 Å². The fraction of sp³-hybridized carbons (Fsp3) is 0.0270. The Hall–Kier alpha value is -5.08. The van der Waals surface area contributed by atoms with E-state index in [1.165, 1.54) is 27.8 Å². The Morgan fingerprint density at radius 1 is 0.410 bits per heavy atom. The van der Waals surface area contributed by atoms with Gasteiger partial charge in [-0.25, -0.2) is 0 Å². The third-order valence-electron chi connectivity index (χ3n) is 8.11. The first-order chi connectivity index (χ1) is 19.4. The van der Waals surface area contributed by atoms with Crippen LogP contribution in [-0.2, 0) is 5.41 Å². The maximum atomic E-state index is 6.73. The normalized spacial score (nSPS) is 13.5. The quantitative estimate of drug-likeness (QED) is 0.240. The van der Waals surface area contributed by atoms with E-state index in [1.54, 1.807) is 0 Å². The van der Waals surface area contributed by atoms with E-state index < -0.39 is 5.41 Å². The molecule has 39 heavy (non-hydrogen) atoms. The Bertz CT molecular complexity index is 1760. The number of rotatable bonds is 3. The summed E-state index contributed by atoms with van der Waals surface area (Å²) < 4.78 is 6.73. The van der Waals surface area contributed by atoms with Crippen LogP contribution in [0.3, 0.4) is 0 Å².